The summed E-state index contributed by atoms with van der Waals surface area (Å²) in [5, 5.41) is 5.00. The Morgan fingerprint density at radius 1 is 1.31 bits per heavy atom. The van der Waals surface area contributed by atoms with Crippen molar-refractivity contribution in [2.45, 2.75) is 11.3 Å². The van der Waals surface area contributed by atoms with E-state index in [0.29, 0.717) is 0 Å². The molecule has 0 saturated carbocycles. The zero-order valence-electron chi connectivity index (χ0n) is 8.30. The number of primary sulfonamides is 1. The van der Waals surface area contributed by atoms with E-state index >= 15 is 0 Å². The van der Waals surface area contributed by atoms with Gasteiger partial charge in [0.2, 0.25) is 15.9 Å². The van der Waals surface area contributed by atoms with E-state index in [4.69, 9.17) is 10.9 Å². The van der Waals surface area contributed by atoms with Crippen LogP contribution in [-0.4, -0.2) is 14.3 Å². The number of rotatable bonds is 2. The average molecular weight is 238 g/mol. The molecule has 0 unspecified atom stereocenters. The minimum atomic E-state index is -3.80. The van der Waals surface area contributed by atoms with E-state index in [9.17, 15) is 13.2 Å². The van der Waals surface area contributed by atoms with Gasteiger partial charge >= 0.3 is 0 Å². The lowest BCUT2D eigenvalue weighted by molar-refractivity contribution is -0.117. The Bertz CT molecular complexity index is 567. The van der Waals surface area contributed by atoms with E-state index < -0.39 is 15.9 Å². The largest absolute Gasteiger partial charge is 0.369 e. The van der Waals surface area contributed by atoms with Gasteiger partial charge in [-0.2, -0.15) is 0 Å². The monoisotopic (exact) mass is 238 g/mol. The summed E-state index contributed by atoms with van der Waals surface area (Å²) in [4.78, 5) is 10.4. The van der Waals surface area contributed by atoms with Gasteiger partial charge in [-0.3, -0.25) is 4.79 Å². The van der Waals surface area contributed by atoms with E-state index in [-0.39, 0.29) is 16.9 Å². The molecule has 0 spiro atoms. The third-order valence-electron chi connectivity index (χ3n) is 1.68. The number of carbonyl (C=O) groups is 1. The summed E-state index contributed by atoms with van der Waals surface area (Å²) in [6.07, 6.45) is -0.126. The minimum Gasteiger partial charge on any atom is -0.369 e. The summed E-state index contributed by atoms with van der Waals surface area (Å²) in [6, 6.07) is 6.03. The van der Waals surface area contributed by atoms with Crippen molar-refractivity contribution >= 4 is 15.9 Å². The van der Waals surface area contributed by atoms with Crippen LogP contribution in [0, 0.1) is 11.8 Å². The van der Waals surface area contributed by atoms with Crippen LogP contribution in [0.25, 0.3) is 0 Å². The molecule has 0 aliphatic rings. The summed E-state index contributed by atoms with van der Waals surface area (Å²) in [6.45, 7) is 0. The van der Waals surface area contributed by atoms with Gasteiger partial charge in [0.05, 0.1) is 11.3 Å². The second-order valence-corrected chi connectivity index (χ2v) is 4.52. The molecule has 1 amide bonds. The van der Waals surface area contributed by atoms with Crippen molar-refractivity contribution in [1.29, 1.82) is 0 Å². The van der Waals surface area contributed by atoms with Crippen LogP contribution in [-0.2, 0) is 14.8 Å². The van der Waals surface area contributed by atoms with Crippen molar-refractivity contribution in [1.82, 2.24) is 0 Å². The first-order valence-electron chi connectivity index (χ1n) is 4.30. The highest BCUT2D eigenvalue weighted by Crippen LogP contribution is 2.11. The first-order chi connectivity index (χ1) is 7.41. The summed E-state index contributed by atoms with van der Waals surface area (Å²) >= 11 is 0. The molecule has 0 radical (unpaired) electrons. The molecule has 0 atom stereocenters. The molecule has 0 bridgehead atoms. The number of nitrogens with two attached hydrogens (primary N) is 2. The molecule has 1 aromatic rings. The molecule has 0 saturated heterocycles. The average Bonchev–Trinajstić information content (AvgIpc) is 2.16. The third-order valence-corrected chi connectivity index (χ3v) is 2.65. The molecule has 0 fully saturated rings. The van der Waals surface area contributed by atoms with Crippen LogP contribution in [0.2, 0.25) is 0 Å². The maximum absolute atomic E-state index is 11.2. The standard InChI is InChI=1S/C10H10N2O3S/c11-10(13)7-3-5-8-4-1-2-6-9(8)16(12,14)15/h1-2,4,6H,7H2,(H2,11,13)(H2,12,14,15). The summed E-state index contributed by atoms with van der Waals surface area (Å²) < 4.78 is 22.3. The second kappa shape index (κ2) is 4.79. The fraction of sp³-hybridized carbons (Fsp3) is 0.100. The van der Waals surface area contributed by atoms with Gasteiger partial charge in [0.25, 0.3) is 0 Å². The van der Waals surface area contributed by atoms with E-state index in [1.165, 1.54) is 12.1 Å². The van der Waals surface area contributed by atoms with Gasteiger partial charge in [-0.25, -0.2) is 13.6 Å². The second-order valence-electron chi connectivity index (χ2n) is 2.99. The summed E-state index contributed by atoms with van der Waals surface area (Å²) in [7, 11) is -3.80. The Morgan fingerprint density at radius 2 is 1.94 bits per heavy atom. The third kappa shape index (κ3) is 3.38. The van der Waals surface area contributed by atoms with E-state index in [1.54, 1.807) is 12.1 Å². The van der Waals surface area contributed by atoms with Crippen molar-refractivity contribution in [3.63, 3.8) is 0 Å². The fourth-order valence-electron chi connectivity index (χ4n) is 1.04. The maximum atomic E-state index is 11.2. The van der Waals surface area contributed by atoms with Crippen molar-refractivity contribution in [3.8, 4) is 11.8 Å². The number of amides is 1. The first-order valence-corrected chi connectivity index (χ1v) is 5.85. The molecular weight excluding hydrogens is 228 g/mol. The van der Waals surface area contributed by atoms with Gasteiger partial charge in [-0.1, -0.05) is 24.0 Å². The quantitative estimate of drug-likeness (QED) is 0.682. The van der Waals surface area contributed by atoms with Crippen molar-refractivity contribution < 1.29 is 13.2 Å². The number of benzene rings is 1. The summed E-state index contributed by atoms with van der Waals surface area (Å²) in [5.41, 5.74) is 5.15. The van der Waals surface area contributed by atoms with Crippen LogP contribution in [0.1, 0.15) is 12.0 Å². The Hall–Kier alpha value is -1.84. The summed E-state index contributed by atoms with van der Waals surface area (Å²) in [5.74, 6) is 4.44. The van der Waals surface area contributed by atoms with E-state index in [2.05, 4.69) is 11.8 Å². The molecule has 4 N–H and O–H groups in total. The predicted molar refractivity (Wildman–Crippen MR) is 58.5 cm³/mol. The SMILES string of the molecule is NC(=O)CC#Cc1ccccc1S(N)(=O)=O. The maximum Gasteiger partial charge on any atom is 0.239 e. The molecule has 0 aromatic heterocycles. The Balaban J connectivity index is 3.14. The van der Waals surface area contributed by atoms with Gasteiger partial charge in [0.15, 0.2) is 0 Å². The molecule has 5 nitrogen and oxygen atoms in total. The first kappa shape index (κ1) is 12.2. The molecule has 84 valence electrons. The van der Waals surface area contributed by atoms with Crippen LogP contribution < -0.4 is 10.9 Å². The molecule has 1 aromatic carbocycles. The molecule has 16 heavy (non-hydrogen) atoms. The number of hydrogen-bond acceptors (Lipinski definition) is 3. The van der Waals surface area contributed by atoms with Gasteiger partial charge in [0, 0.05) is 5.56 Å². The molecule has 6 heteroatoms. The van der Waals surface area contributed by atoms with Crippen molar-refractivity contribution in [3.05, 3.63) is 29.8 Å². The highest BCUT2D eigenvalue weighted by Gasteiger charge is 2.10. The van der Waals surface area contributed by atoms with Gasteiger partial charge in [0.1, 0.15) is 0 Å². The zero-order valence-corrected chi connectivity index (χ0v) is 9.12. The van der Waals surface area contributed by atoms with E-state index in [1.807, 2.05) is 0 Å². The minimum absolute atomic E-state index is 0.0630. The van der Waals surface area contributed by atoms with Crippen LogP contribution in [0.5, 0.6) is 0 Å². The van der Waals surface area contributed by atoms with Gasteiger partial charge < -0.3 is 5.73 Å². The van der Waals surface area contributed by atoms with Crippen LogP contribution in [0.3, 0.4) is 0 Å². The Kier molecular flexibility index (Phi) is 3.66. The fourth-order valence-corrected chi connectivity index (χ4v) is 1.74. The number of hydrogen-bond donors (Lipinski definition) is 2. The van der Waals surface area contributed by atoms with E-state index in [0.717, 1.165) is 0 Å². The highest BCUT2D eigenvalue weighted by atomic mass is 32.2. The van der Waals surface area contributed by atoms with Crippen LogP contribution in [0.4, 0.5) is 0 Å². The lowest BCUT2D eigenvalue weighted by Gasteiger charge is -2.00. The topological polar surface area (TPSA) is 103 Å². The van der Waals surface area contributed by atoms with Crippen molar-refractivity contribution in [2.75, 3.05) is 0 Å². The number of primary amides is 1. The smallest absolute Gasteiger partial charge is 0.239 e. The van der Waals surface area contributed by atoms with Crippen LogP contribution >= 0.6 is 0 Å². The molecule has 1 rings (SSSR count). The number of carbonyl (C=O) groups excluding carboxylic acids is 1. The Morgan fingerprint density at radius 3 is 2.50 bits per heavy atom. The highest BCUT2D eigenvalue weighted by molar-refractivity contribution is 7.89. The van der Waals surface area contributed by atoms with Crippen molar-refractivity contribution in [2.24, 2.45) is 10.9 Å². The molecular formula is C10H10N2O3S. The predicted octanol–water partition coefficient (Wildman–Crippen LogP) is -0.439. The molecule has 0 aliphatic carbocycles. The van der Waals surface area contributed by atoms with Gasteiger partial charge in [-0.15, -0.1) is 0 Å². The lowest BCUT2D eigenvalue weighted by atomic mass is 10.2. The Labute approximate surface area is 93.5 Å². The normalized spacial score (nSPS) is 10.3. The van der Waals surface area contributed by atoms with Crippen LogP contribution in [0.15, 0.2) is 29.2 Å². The zero-order chi connectivity index (χ0) is 12.2. The van der Waals surface area contributed by atoms with Gasteiger partial charge in [-0.05, 0) is 12.1 Å². The molecule has 0 aliphatic heterocycles. The number of sulfonamides is 1. The lowest BCUT2D eigenvalue weighted by Crippen LogP contribution is -2.13. The molecule has 0 heterocycles.